The van der Waals surface area contributed by atoms with Crippen molar-refractivity contribution in [2.75, 3.05) is 44.0 Å². The molecule has 2 aromatic carbocycles. The highest BCUT2D eigenvalue weighted by Crippen LogP contribution is 2.29. The summed E-state index contributed by atoms with van der Waals surface area (Å²) in [5, 5.41) is 5.37. The number of likely N-dealkylation sites (N-methyl/N-ethyl adjacent to an activating group) is 1. The van der Waals surface area contributed by atoms with E-state index in [-0.39, 0.29) is 11.9 Å². The third-order valence-electron chi connectivity index (χ3n) is 5.87. The van der Waals surface area contributed by atoms with Gasteiger partial charge in [-0.2, -0.15) is 0 Å². The van der Waals surface area contributed by atoms with Crippen LogP contribution in [0.1, 0.15) is 30.0 Å². The highest BCUT2D eigenvalue weighted by atomic mass is 16.5. The first-order valence-electron chi connectivity index (χ1n) is 10.8. The molecule has 4 rings (SSSR count). The van der Waals surface area contributed by atoms with Crippen LogP contribution in [0.3, 0.4) is 0 Å². The lowest BCUT2D eigenvalue weighted by atomic mass is 10.0. The van der Waals surface area contributed by atoms with Gasteiger partial charge in [-0.25, -0.2) is 0 Å². The minimum Gasteiger partial charge on any atom is -0.493 e. The first kappa shape index (κ1) is 21.8. The van der Waals surface area contributed by atoms with Crippen LogP contribution in [0.15, 0.2) is 42.5 Å². The van der Waals surface area contributed by atoms with Crippen LogP contribution >= 0.6 is 0 Å². The summed E-state index contributed by atoms with van der Waals surface area (Å²) in [7, 11) is 3.87. The average Bonchev–Trinajstić information content (AvgIpc) is 3.42. The fourth-order valence-electron chi connectivity index (χ4n) is 4.14. The average molecular weight is 437 g/mol. The Morgan fingerprint density at radius 1 is 1.12 bits per heavy atom. The van der Waals surface area contributed by atoms with Crippen molar-refractivity contribution < 1.29 is 19.1 Å². The molecule has 2 aliphatic rings. The van der Waals surface area contributed by atoms with E-state index in [4.69, 9.17) is 4.74 Å². The van der Waals surface area contributed by atoms with E-state index in [1.54, 1.807) is 23.1 Å². The van der Waals surface area contributed by atoms with Crippen LogP contribution in [0.25, 0.3) is 0 Å². The Labute approximate surface area is 187 Å². The van der Waals surface area contributed by atoms with Crippen LogP contribution in [0.5, 0.6) is 5.75 Å². The molecule has 0 aromatic heterocycles. The lowest BCUT2D eigenvalue weighted by Crippen LogP contribution is -2.40. The second-order valence-corrected chi connectivity index (χ2v) is 8.31. The monoisotopic (exact) mass is 436 g/mol. The van der Waals surface area contributed by atoms with Gasteiger partial charge >= 0.3 is 11.8 Å². The molecule has 0 unspecified atom stereocenters. The van der Waals surface area contributed by atoms with Crippen molar-refractivity contribution in [3.8, 4) is 5.75 Å². The zero-order valence-corrected chi connectivity index (χ0v) is 18.4. The predicted octanol–water partition coefficient (Wildman–Crippen LogP) is 2.11. The largest absolute Gasteiger partial charge is 0.493 e. The molecule has 0 radical (unpaired) electrons. The summed E-state index contributed by atoms with van der Waals surface area (Å²) < 4.78 is 5.57. The standard InChI is InChI=1S/C24H28N4O4/c1-27(2)20(16-8-9-21-17(13-16)10-12-32-21)15-25-23(30)24(31)26-18-5-3-6-19(14-18)28-11-4-7-22(28)29/h3,5-6,8-9,13-14,20H,4,7,10-12,15H2,1-2H3,(H,25,30)(H,26,31)/t20-/m1/s1. The molecule has 2 heterocycles. The Morgan fingerprint density at radius 2 is 1.97 bits per heavy atom. The lowest BCUT2D eigenvalue weighted by Gasteiger charge is -2.25. The van der Waals surface area contributed by atoms with Crippen LogP contribution in [0.2, 0.25) is 0 Å². The van der Waals surface area contributed by atoms with Crippen molar-refractivity contribution in [1.29, 1.82) is 0 Å². The van der Waals surface area contributed by atoms with Crippen LogP contribution in [-0.4, -0.2) is 56.4 Å². The summed E-state index contributed by atoms with van der Waals surface area (Å²) in [6.45, 7) is 1.65. The SMILES string of the molecule is CN(C)[C@H](CNC(=O)C(=O)Nc1cccc(N2CCCC2=O)c1)c1ccc2c(c1)CCO2. The molecular weight excluding hydrogens is 408 g/mol. The van der Waals surface area contributed by atoms with Gasteiger partial charge in [-0.15, -0.1) is 0 Å². The maximum atomic E-state index is 12.5. The zero-order chi connectivity index (χ0) is 22.7. The smallest absolute Gasteiger partial charge is 0.313 e. The van der Waals surface area contributed by atoms with Crippen molar-refractivity contribution >= 4 is 29.1 Å². The van der Waals surface area contributed by atoms with Crippen LogP contribution in [0, 0.1) is 0 Å². The van der Waals surface area contributed by atoms with Gasteiger partial charge < -0.3 is 25.2 Å². The van der Waals surface area contributed by atoms with Crippen LogP contribution in [-0.2, 0) is 20.8 Å². The van der Waals surface area contributed by atoms with Gasteiger partial charge in [-0.3, -0.25) is 14.4 Å². The molecule has 0 saturated carbocycles. The van der Waals surface area contributed by atoms with Gasteiger partial charge in [0.05, 0.1) is 12.6 Å². The molecule has 0 bridgehead atoms. The van der Waals surface area contributed by atoms with Crippen molar-refractivity contribution in [2.45, 2.75) is 25.3 Å². The van der Waals surface area contributed by atoms with E-state index in [2.05, 4.69) is 16.7 Å². The molecule has 8 nitrogen and oxygen atoms in total. The molecule has 168 valence electrons. The molecule has 2 aliphatic heterocycles. The highest BCUT2D eigenvalue weighted by molar-refractivity contribution is 6.39. The molecule has 0 spiro atoms. The number of anilines is 2. The number of rotatable bonds is 6. The van der Waals surface area contributed by atoms with E-state index >= 15 is 0 Å². The number of benzene rings is 2. The Kier molecular flexibility index (Phi) is 6.41. The fourth-order valence-corrected chi connectivity index (χ4v) is 4.14. The first-order chi connectivity index (χ1) is 15.4. The lowest BCUT2D eigenvalue weighted by molar-refractivity contribution is -0.136. The number of nitrogens with one attached hydrogen (secondary N) is 2. The van der Waals surface area contributed by atoms with E-state index in [0.717, 1.165) is 35.4 Å². The van der Waals surface area contributed by atoms with Gasteiger partial charge in [-0.05, 0) is 55.9 Å². The van der Waals surface area contributed by atoms with Crippen molar-refractivity contribution in [3.63, 3.8) is 0 Å². The molecule has 1 saturated heterocycles. The number of hydrogen-bond acceptors (Lipinski definition) is 5. The van der Waals surface area contributed by atoms with E-state index in [1.165, 1.54) is 0 Å². The Morgan fingerprint density at radius 3 is 2.72 bits per heavy atom. The quantitative estimate of drug-likeness (QED) is 0.677. The van der Waals surface area contributed by atoms with Gasteiger partial charge in [0.25, 0.3) is 0 Å². The number of carbonyl (C=O) groups is 3. The summed E-state index contributed by atoms with van der Waals surface area (Å²) in [4.78, 5) is 40.6. The molecule has 1 atom stereocenters. The first-order valence-corrected chi connectivity index (χ1v) is 10.8. The van der Waals surface area contributed by atoms with Gasteiger partial charge in [0.2, 0.25) is 5.91 Å². The maximum absolute atomic E-state index is 12.5. The van der Waals surface area contributed by atoms with Crippen molar-refractivity contribution in [1.82, 2.24) is 10.2 Å². The second kappa shape index (κ2) is 9.40. The predicted molar refractivity (Wildman–Crippen MR) is 122 cm³/mol. The summed E-state index contributed by atoms with van der Waals surface area (Å²) in [6.07, 6.45) is 2.23. The molecule has 0 aliphatic carbocycles. The van der Waals surface area contributed by atoms with Crippen LogP contribution in [0.4, 0.5) is 11.4 Å². The zero-order valence-electron chi connectivity index (χ0n) is 18.4. The molecule has 1 fully saturated rings. The van der Waals surface area contributed by atoms with Gasteiger partial charge in [0.1, 0.15) is 5.75 Å². The topological polar surface area (TPSA) is 91.0 Å². The second-order valence-electron chi connectivity index (χ2n) is 8.31. The Balaban J connectivity index is 1.37. The molecule has 3 amide bonds. The Hall–Kier alpha value is -3.39. The maximum Gasteiger partial charge on any atom is 0.313 e. The minimum absolute atomic E-state index is 0.0686. The van der Waals surface area contributed by atoms with Gasteiger partial charge in [-0.1, -0.05) is 18.2 Å². The number of fused-ring (bicyclic) bond motifs is 1. The summed E-state index contributed by atoms with van der Waals surface area (Å²) >= 11 is 0. The summed E-state index contributed by atoms with van der Waals surface area (Å²) in [5.74, 6) is -0.467. The number of ether oxygens (including phenoxy) is 1. The molecule has 2 N–H and O–H groups in total. The van der Waals surface area contributed by atoms with E-state index in [9.17, 15) is 14.4 Å². The van der Waals surface area contributed by atoms with E-state index in [1.807, 2.05) is 37.2 Å². The Bertz CT molecular complexity index is 1040. The molecule has 32 heavy (non-hydrogen) atoms. The summed E-state index contributed by atoms with van der Waals surface area (Å²) in [6, 6.07) is 13.0. The number of amides is 3. The highest BCUT2D eigenvalue weighted by Gasteiger charge is 2.23. The number of hydrogen-bond donors (Lipinski definition) is 2. The molecule has 8 heteroatoms. The minimum atomic E-state index is -0.741. The van der Waals surface area contributed by atoms with E-state index < -0.39 is 11.8 Å². The third-order valence-corrected chi connectivity index (χ3v) is 5.87. The molecule has 2 aromatic rings. The van der Waals surface area contributed by atoms with Crippen molar-refractivity contribution in [3.05, 3.63) is 53.6 Å². The van der Waals surface area contributed by atoms with E-state index in [0.29, 0.717) is 31.8 Å². The fraction of sp³-hybridized carbons (Fsp3) is 0.375. The normalized spacial score (nSPS) is 16.0. The molecular formula is C24H28N4O4. The van der Waals surface area contributed by atoms with Crippen LogP contribution < -0.4 is 20.3 Å². The van der Waals surface area contributed by atoms with Gasteiger partial charge in [0, 0.05) is 37.3 Å². The summed E-state index contributed by atoms with van der Waals surface area (Å²) in [5.41, 5.74) is 3.42. The van der Waals surface area contributed by atoms with Gasteiger partial charge in [0.15, 0.2) is 0 Å². The number of nitrogens with zero attached hydrogens (tertiary/aromatic N) is 2. The van der Waals surface area contributed by atoms with Crippen molar-refractivity contribution in [2.24, 2.45) is 0 Å². The third kappa shape index (κ3) is 4.75. The number of carbonyl (C=O) groups excluding carboxylic acids is 3.